The summed E-state index contributed by atoms with van der Waals surface area (Å²) in [4.78, 5) is 2.80. The van der Waals surface area contributed by atoms with Crippen molar-refractivity contribution in [3.8, 4) is 5.75 Å². The van der Waals surface area contributed by atoms with Crippen LogP contribution in [-0.4, -0.2) is 11.1 Å². The van der Waals surface area contributed by atoms with E-state index in [1.165, 1.54) is 20.9 Å². The lowest BCUT2D eigenvalue weighted by atomic mass is 10.1. The van der Waals surface area contributed by atoms with Crippen LogP contribution in [0, 0.1) is 13.8 Å². The van der Waals surface area contributed by atoms with Crippen molar-refractivity contribution in [3.05, 3.63) is 51.2 Å². The molecule has 0 bridgehead atoms. The molecule has 1 aromatic heterocycles. The molecule has 2 nitrogen and oxygen atoms in total. The molecule has 0 amide bonds. The second-order valence-corrected chi connectivity index (χ2v) is 6.45. The van der Waals surface area contributed by atoms with Crippen LogP contribution in [0.5, 0.6) is 5.75 Å². The van der Waals surface area contributed by atoms with E-state index < -0.39 is 0 Å². The van der Waals surface area contributed by atoms with Crippen LogP contribution in [-0.2, 0) is 13.0 Å². The predicted molar refractivity (Wildman–Crippen MR) is 81.9 cm³/mol. The Hall–Kier alpha value is -1.32. The number of thiophene rings is 1. The maximum Gasteiger partial charge on any atom is 0.115 e. The van der Waals surface area contributed by atoms with E-state index in [-0.39, 0.29) is 0 Å². The zero-order valence-electron chi connectivity index (χ0n) is 11.7. The number of aryl methyl sites for hydroxylation is 2. The van der Waals surface area contributed by atoms with Crippen molar-refractivity contribution in [2.45, 2.75) is 39.8 Å². The summed E-state index contributed by atoms with van der Waals surface area (Å²) in [5, 5.41) is 12.8. The van der Waals surface area contributed by atoms with Gasteiger partial charge in [0.25, 0.3) is 0 Å². The van der Waals surface area contributed by atoms with Gasteiger partial charge in [-0.2, -0.15) is 0 Å². The lowest BCUT2D eigenvalue weighted by Gasteiger charge is -2.13. The highest BCUT2D eigenvalue weighted by molar-refractivity contribution is 7.12. The summed E-state index contributed by atoms with van der Waals surface area (Å²) < 4.78 is 0. The molecule has 0 aliphatic rings. The zero-order valence-corrected chi connectivity index (χ0v) is 12.6. The van der Waals surface area contributed by atoms with Gasteiger partial charge >= 0.3 is 0 Å². The number of aromatic hydroxyl groups is 1. The predicted octanol–water partition coefficient (Wildman–Crippen LogP) is 3.79. The molecule has 2 aromatic rings. The summed E-state index contributed by atoms with van der Waals surface area (Å²) in [7, 11) is 0. The third-order valence-corrected chi connectivity index (χ3v) is 4.47. The van der Waals surface area contributed by atoms with Gasteiger partial charge in [0.2, 0.25) is 0 Å². The maximum absolute atomic E-state index is 9.26. The van der Waals surface area contributed by atoms with E-state index in [1.807, 2.05) is 23.5 Å². The Morgan fingerprint density at radius 2 is 1.89 bits per heavy atom. The minimum absolute atomic E-state index is 0.328. The molecule has 2 rings (SSSR count). The highest BCUT2D eigenvalue weighted by atomic mass is 32.1. The average Bonchev–Trinajstić information content (AvgIpc) is 2.69. The van der Waals surface area contributed by atoms with Crippen molar-refractivity contribution in [3.63, 3.8) is 0 Å². The van der Waals surface area contributed by atoms with E-state index >= 15 is 0 Å². The van der Waals surface area contributed by atoms with Gasteiger partial charge in [0, 0.05) is 22.3 Å². The lowest BCUT2D eigenvalue weighted by molar-refractivity contribution is 0.474. The van der Waals surface area contributed by atoms with Crippen LogP contribution in [0.15, 0.2) is 30.3 Å². The molecule has 19 heavy (non-hydrogen) atoms. The van der Waals surface area contributed by atoms with Crippen molar-refractivity contribution in [2.75, 3.05) is 0 Å². The average molecular weight is 275 g/mol. The van der Waals surface area contributed by atoms with Crippen molar-refractivity contribution >= 4 is 11.3 Å². The molecular weight excluding hydrogens is 254 g/mol. The number of benzene rings is 1. The first-order valence-corrected chi connectivity index (χ1v) is 7.43. The monoisotopic (exact) mass is 275 g/mol. The first-order valence-electron chi connectivity index (χ1n) is 6.62. The Balaban J connectivity index is 1.84. The minimum atomic E-state index is 0.328. The minimum Gasteiger partial charge on any atom is -0.508 e. The molecule has 0 aliphatic heterocycles. The Morgan fingerprint density at radius 1 is 1.21 bits per heavy atom. The van der Waals surface area contributed by atoms with Crippen LogP contribution in [0.25, 0.3) is 0 Å². The molecule has 1 atom stereocenters. The molecule has 0 aliphatic carbocycles. The quantitative estimate of drug-likeness (QED) is 0.870. The third-order valence-electron chi connectivity index (χ3n) is 3.32. The second-order valence-electron chi connectivity index (χ2n) is 5.10. The number of phenols is 1. The Labute approximate surface area is 119 Å². The van der Waals surface area contributed by atoms with Gasteiger partial charge in [-0.3, -0.25) is 0 Å². The van der Waals surface area contributed by atoms with Crippen LogP contribution in [0.3, 0.4) is 0 Å². The van der Waals surface area contributed by atoms with Gasteiger partial charge in [-0.25, -0.2) is 0 Å². The summed E-state index contributed by atoms with van der Waals surface area (Å²) in [5.41, 5.74) is 2.63. The molecule has 0 spiro atoms. The summed E-state index contributed by atoms with van der Waals surface area (Å²) >= 11 is 1.87. The van der Waals surface area contributed by atoms with Crippen molar-refractivity contribution in [1.29, 1.82) is 0 Å². The van der Waals surface area contributed by atoms with Crippen LogP contribution in [0.4, 0.5) is 0 Å². The van der Waals surface area contributed by atoms with Crippen molar-refractivity contribution in [2.24, 2.45) is 0 Å². The molecule has 0 saturated heterocycles. The highest BCUT2D eigenvalue weighted by Gasteiger charge is 2.06. The van der Waals surface area contributed by atoms with Gasteiger partial charge in [-0.05, 0) is 56.5 Å². The molecule has 2 N–H and O–H groups in total. The molecule has 0 saturated carbocycles. The summed E-state index contributed by atoms with van der Waals surface area (Å²) in [5.74, 6) is 0.328. The Morgan fingerprint density at radius 3 is 2.47 bits per heavy atom. The fourth-order valence-corrected chi connectivity index (χ4v) is 3.07. The summed E-state index contributed by atoms with van der Waals surface area (Å²) in [6.07, 6.45) is 0.976. The van der Waals surface area contributed by atoms with E-state index in [2.05, 4.69) is 32.2 Å². The van der Waals surface area contributed by atoms with Gasteiger partial charge in [0.05, 0.1) is 0 Å². The van der Waals surface area contributed by atoms with E-state index in [0.29, 0.717) is 11.8 Å². The molecule has 0 fully saturated rings. The summed E-state index contributed by atoms with van der Waals surface area (Å²) in [6, 6.07) is 10.1. The fraction of sp³-hybridized carbons (Fsp3) is 0.375. The number of nitrogens with one attached hydrogen (secondary N) is 1. The summed E-state index contributed by atoms with van der Waals surface area (Å²) in [6.45, 7) is 7.46. The molecule has 3 heteroatoms. The Bertz CT molecular complexity index is 511. The molecule has 1 aromatic carbocycles. The topological polar surface area (TPSA) is 32.3 Å². The van der Waals surface area contributed by atoms with Gasteiger partial charge in [0.15, 0.2) is 0 Å². The van der Waals surface area contributed by atoms with Crippen LogP contribution >= 0.6 is 11.3 Å². The van der Waals surface area contributed by atoms with Gasteiger partial charge in [-0.15, -0.1) is 11.3 Å². The Kier molecular flexibility index (Phi) is 4.61. The third kappa shape index (κ3) is 4.08. The molecule has 102 valence electrons. The van der Waals surface area contributed by atoms with Crippen LogP contribution < -0.4 is 5.32 Å². The van der Waals surface area contributed by atoms with E-state index in [4.69, 9.17) is 0 Å². The smallest absolute Gasteiger partial charge is 0.115 e. The SMILES string of the molecule is Cc1cc(CNC(C)Cc2ccc(O)cc2)sc1C. The zero-order chi connectivity index (χ0) is 13.8. The number of phenolic OH excluding ortho intramolecular Hbond substituents is 1. The number of hydrogen-bond acceptors (Lipinski definition) is 3. The lowest BCUT2D eigenvalue weighted by Crippen LogP contribution is -2.27. The van der Waals surface area contributed by atoms with E-state index in [9.17, 15) is 5.11 Å². The molecular formula is C16H21NOS. The van der Waals surface area contributed by atoms with Gasteiger partial charge < -0.3 is 10.4 Å². The first-order chi connectivity index (χ1) is 9.04. The van der Waals surface area contributed by atoms with Gasteiger partial charge in [-0.1, -0.05) is 12.1 Å². The van der Waals surface area contributed by atoms with E-state index in [0.717, 1.165) is 13.0 Å². The number of rotatable bonds is 5. The first kappa shape index (κ1) is 14.1. The molecule has 1 heterocycles. The highest BCUT2D eigenvalue weighted by Crippen LogP contribution is 2.20. The van der Waals surface area contributed by atoms with Crippen LogP contribution in [0.2, 0.25) is 0 Å². The second kappa shape index (κ2) is 6.22. The largest absolute Gasteiger partial charge is 0.508 e. The van der Waals surface area contributed by atoms with E-state index in [1.54, 1.807) is 12.1 Å². The molecule has 1 unspecified atom stereocenters. The standard InChI is InChI=1S/C16H21NOS/c1-11-8-16(19-13(11)3)10-17-12(2)9-14-4-6-15(18)7-5-14/h4-8,12,17-18H,9-10H2,1-3H3. The number of hydrogen-bond donors (Lipinski definition) is 2. The van der Waals surface area contributed by atoms with Crippen LogP contribution in [0.1, 0.15) is 27.8 Å². The normalized spacial score (nSPS) is 12.6. The fourth-order valence-electron chi connectivity index (χ4n) is 2.07. The maximum atomic E-state index is 9.26. The van der Waals surface area contributed by atoms with Crippen molar-refractivity contribution < 1.29 is 5.11 Å². The van der Waals surface area contributed by atoms with Gasteiger partial charge in [0.1, 0.15) is 5.75 Å². The van der Waals surface area contributed by atoms with Crippen molar-refractivity contribution in [1.82, 2.24) is 5.32 Å². The molecule has 0 radical (unpaired) electrons.